The normalized spacial score (nSPS) is 10.5. The Bertz CT molecular complexity index is 647. The van der Waals surface area contributed by atoms with E-state index in [1.807, 2.05) is 0 Å². The van der Waals surface area contributed by atoms with Crippen LogP contribution in [0.15, 0.2) is 46.2 Å². The fraction of sp³-hybridized carbons (Fsp3) is 0. The van der Waals surface area contributed by atoms with Gasteiger partial charge in [0.05, 0.1) is 10.6 Å². The third-order valence-corrected chi connectivity index (χ3v) is 3.59. The summed E-state index contributed by atoms with van der Waals surface area (Å²) in [5, 5.41) is 8.93. The van der Waals surface area contributed by atoms with Crippen LogP contribution >= 0.6 is 23.4 Å². The third kappa shape index (κ3) is 3.24. The molecule has 2 aromatic rings. The summed E-state index contributed by atoms with van der Waals surface area (Å²) < 4.78 is 25.8. The summed E-state index contributed by atoms with van der Waals surface area (Å²) in [6.45, 7) is 0. The highest BCUT2D eigenvalue weighted by Crippen LogP contribution is 2.31. The van der Waals surface area contributed by atoms with E-state index in [4.69, 9.17) is 16.7 Å². The minimum absolute atomic E-state index is 0.00342. The van der Waals surface area contributed by atoms with E-state index in [1.54, 1.807) is 6.07 Å². The third-order valence-electron chi connectivity index (χ3n) is 2.30. The van der Waals surface area contributed by atoms with Gasteiger partial charge in [0, 0.05) is 9.79 Å². The Hall–Kier alpha value is -1.59. The summed E-state index contributed by atoms with van der Waals surface area (Å²) in [5.41, 5.74) is -0.00342. The van der Waals surface area contributed by atoms with Gasteiger partial charge in [-0.1, -0.05) is 23.4 Å². The monoisotopic (exact) mass is 300 g/mol. The molecule has 0 aliphatic heterocycles. The Morgan fingerprint density at radius 1 is 1.05 bits per heavy atom. The topological polar surface area (TPSA) is 37.3 Å². The maximum absolute atomic E-state index is 13.0. The Balaban J connectivity index is 2.26. The Morgan fingerprint density at radius 3 is 2.26 bits per heavy atom. The second-order valence-corrected chi connectivity index (χ2v) is 5.18. The Kier molecular flexibility index (Phi) is 4.07. The second-order valence-electron chi connectivity index (χ2n) is 3.62. The van der Waals surface area contributed by atoms with Gasteiger partial charge in [0.1, 0.15) is 0 Å². The molecular weight excluding hydrogens is 294 g/mol. The van der Waals surface area contributed by atoms with Crippen molar-refractivity contribution in [1.82, 2.24) is 0 Å². The molecule has 0 aliphatic carbocycles. The molecule has 0 saturated heterocycles. The van der Waals surface area contributed by atoms with Crippen LogP contribution in [0.2, 0.25) is 5.02 Å². The molecule has 0 spiro atoms. The zero-order valence-corrected chi connectivity index (χ0v) is 10.9. The van der Waals surface area contributed by atoms with Crippen LogP contribution in [-0.4, -0.2) is 11.1 Å². The lowest BCUT2D eigenvalue weighted by molar-refractivity contribution is 0.0697. The predicted octanol–water partition coefficient (Wildman–Crippen LogP) is 4.47. The van der Waals surface area contributed by atoms with Crippen LogP contribution in [0.4, 0.5) is 8.78 Å². The first kappa shape index (κ1) is 13.8. The largest absolute Gasteiger partial charge is 0.478 e. The van der Waals surface area contributed by atoms with Crippen LogP contribution in [0, 0.1) is 11.6 Å². The lowest BCUT2D eigenvalue weighted by Gasteiger charge is -2.04. The predicted molar refractivity (Wildman–Crippen MR) is 68.9 cm³/mol. The minimum Gasteiger partial charge on any atom is -0.478 e. The molecule has 0 atom stereocenters. The molecular formula is C13H7ClF2O2S. The van der Waals surface area contributed by atoms with Gasteiger partial charge in [-0.25, -0.2) is 13.6 Å². The van der Waals surface area contributed by atoms with Crippen molar-refractivity contribution in [2.45, 2.75) is 9.79 Å². The van der Waals surface area contributed by atoms with Crippen molar-refractivity contribution in [1.29, 1.82) is 0 Å². The number of hydrogen-bond acceptors (Lipinski definition) is 2. The van der Waals surface area contributed by atoms with Crippen LogP contribution in [0.1, 0.15) is 10.4 Å². The first-order valence-corrected chi connectivity index (χ1v) is 6.32. The van der Waals surface area contributed by atoms with Crippen molar-refractivity contribution in [3.8, 4) is 0 Å². The van der Waals surface area contributed by atoms with Gasteiger partial charge >= 0.3 is 5.97 Å². The zero-order valence-electron chi connectivity index (χ0n) is 9.36. The molecule has 1 N–H and O–H groups in total. The average molecular weight is 301 g/mol. The van der Waals surface area contributed by atoms with E-state index in [-0.39, 0.29) is 10.6 Å². The van der Waals surface area contributed by atoms with Crippen LogP contribution < -0.4 is 0 Å². The highest BCUT2D eigenvalue weighted by molar-refractivity contribution is 7.99. The lowest BCUT2D eigenvalue weighted by atomic mass is 10.2. The summed E-state index contributed by atoms with van der Waals surface area (Å²) in [5.74, 6) is -2.96. The zero-order chi connectivity index (χ0) is 14.0. The fourth-order valence-corrected chi connectivity index (χ4v) is 2.62. The standard InChI is InChI=1S/C13H7ClF2O2S/c14-10-5-7(1-3-9(10)13(17)18)19-8-2-4-11(15)12(16)6-8/h1-6H,(H,17,18). The number of carboxylic acids is 1. The van der Waals surface area contributed by atoms with E-state index < -0.39 is 17.6 Å². The number of hydrogen-bond donors (Lipinski definition) is 1. The summed E-state index contributed by atoms with van der Waals surface area (Å²) in [6.07, 6.45) is 0. The maximum atomic E-state index is 13.0. The average Bonchev–Trinajstić information content (AvgIpc) is 2.33. The molecule has 0 amide bonds. The van der Waals surface area contributed by atoms with Crippen molar-refractivity contribution < 1.29 is 18.7 Å². The number of carboxylic acid groups (broad SMARTS) is 1. The number of aromatic carboxylic acids is 1. The Labute approximate surface area is 117 Å². The number of halogens is 3. The van der Waals surface area contributed by atoms with E-state index >= 15 is 0 Å². The van der Waals surface area contributed by atoms with Crippen molar-refractivity contribution in [2.75, 3.05) is 0 Å². The molecule has 19 heavy (non-hydrogen) atoms. The quantitative estimate of drug-likeness (QED) is 0.909. The van der Waals surface area contributed by atoms with Gasteiger partial charge in [0.2, 0.25) is 0 Å². The minimum atomic E-state index is -1.12. The van der Waals surface area contributed by atoms with Crippen LogP contribution in [-0.2, 0) is 0 Å². The number of carbonyl (C=O) groups is 1. The van der Waals surface area contributed by atoms with Gasteiger partial charge in [-0.3, -0.25) is 0 Å². The molecule has 0 fully saturated rings. The lowest BCUT2D eigenvalue weighted by Crippen LogP contribution is -1.96. The van der Waals surface area contributed by atoms with E-state index in [9.17, 15) is 13.6 Å². The van der Waals surface area contributed by atoms with Gasteiger partial charge < -0.3 is 5.11 Å². The SMILES string of the molecule is O=C(O)c1ccc(Sc2ccc(F)c(F)c2)cc1Cl. The molecule has 2 nitrogen and oxygen atoms in total. The summed E-state index contributed by atoms with van der Waals surface area (Å²) in [4.78, 5) is 11.9. The molecule has 98 valence electrons. The van der Waals surface area contributed by atoms with E-state index in [2.05, 4.69) is 0 Å². The molecule has 0 radical (unpaired) electrons. The smallest absolute Gasteiger partial charge is 0.337 e. The molecule has 0 saturated carbocycles. The Morgan fingerprint density at radius 2 is 1.68 bits per heavy atom. The number of rotatable bonds is 3. The highest BCUT2D eigenvalue weighted by atomic mass is 35.5. The van der Waals surface area contributed by atoms with E-state index in [0.717, 1.165) is 23.9 Å². The van der Waals surface area contributed by atoms with Crippen LogP contribution in [0.5, 0.6) is 0 Å². The number of benzene rings is 2. The van der Waals surface area contributed by atoms with E-state index in [0.29, 0.717) is 9.79 Å². The van der Waals surface area contributed by atoms with Crippen molar-refractivity contribution >= 4 is 29.3 Å². The molecule has 0 bridgehead atoms. The van der Waals surface area contributed by atoms with Crippen LogP contribution in [0.25, 0.3) is 0 Å². The molecule has 2 aromatic carbocycles. The first-order chi connectivity index (χ1) is 8.97. The van der Waals surface area contributed by atoms with Crippen molar-refractivity contribution in [3.05, 3.63) is 58.6 Å². The fourth-order valence-electron chi connectivity index (χ4n) is 1.41. The van der Waals surface area contributed by atoms with Gasteiger partial charge in [0.25, 0.3) is 0 Å². The van der Waals surface area contributed by atoms with E-state index in [1.165, 1.54) is 18.2 Å². The summed E-state index contributed by atoms with van der Waals surface area (Å²) in [6, 6.07) is 7.93. The summed E-state index contributed by atoms with van der Waals surface area (Å²) in [7, 11) is 0. The van der Waals surface area contributed by atoms with Gasteiger partial charge in [0.15, 0.2) is 11.6 Å². The van der Waals surface area contributed by atoms with Gasteiger partial charge in [-0.2, -0.15) is 0 Å². The molecule has 0 aromatic heterocycles. The maximum Gasteiger partial charge on any atom is 0.337 e. The highest BCUT2D eigenvalue weighted by Gasteiger charge is 2.10. The molecule has 6 heteroatoms. The second kappa shape index (κ2) is 5.59. The molecule has 0 unspecified atom stereocenters. The van der Waals surface area contributed by atoms with Gasteiger partial charge in [-0.15, -0.1) is 0 Å². The van der Waals surface area contributed by atoms with Crippen molar-refractivity contribution in [2.24, 2.45) is 0 Å². The molecule has 0 heterocycles. The van der Waals surface area contributed by atoms with Crippen molar-refractivity contribution in [3.63, 3.8) is 0 Å². The first-order valence-electron chi connectivity index (χ1n) is 5.13. The summed E-state index contributed by atoms with van der Waals surface area (Å²) >= 11 is 6.98. The molecule has 0 aliphatic rings. The van der Waals surface area contributed by atoms with Crippen LogP contribution in [0.3, 0.4) is 0 Å². The van der Waals surface area contributed by atoms with Gasteiger partial charge in [-0.05, 0) is 36.4 Å². The molecule has 2 rings (SSSR count).